The Bertz CT molecular complexity index is 699. The topological polar surface area (TPSA) is 29.5 Å². The van der Waals surface area contributed by atoms with Crippen LogP contribution in [-0.4, -0.2) is 23.1 Å². The highest BCUT2D eigenvalue weighted by molar-refractivity contribution is 5.70. The first-order valence-electron chi connectivity index (χ1n) is 14.0. The van der Waals surface area contributed by atoms with Crippen LogP contribution in [0.4, 0.5) is 4.79 Å². The van der Waals surface area contributed by atoms with Gasteiger partial charge in [0.05, 0.1) is 6.04 Å². The van der Waals surface area contributed by atoms with Crippen LogP contribution in [-0.2, 0) is 11.3 Å². The predicted molar refractivity (Wildman–Crippen MR) is 138 cm³/mol. The number of hydrogen-bond acceptors (Lipinski definition) is 2. The summed E-state index contributed by atoms with van der Waals surface area (Å²) in [5, 5.41) is 0. The summed E-state index contributed by atoms with van der Waals surface area (Å²) in [7, 11) is 0. The van der Waals surface area contributed by atoms with E-state index in [1.54, 1.807) is 5.57 Å². The lowest BCUT2D eigenvalue weighted by Gasteiger charge is -2.33. The molecule has 0 N–H and O–H groups in total. The van der Waals surface area contributed by atoms with Crippen molar-refractivity contribution in [2.75, 3.05) is 0 Å². The summed E-state index contributed by atoms with van der Waals surface area (Å²) in [6.45, 7) is 2.65. The van der Waals surface area contributed by atoms with Crippen molar-refractivity contribution in [1.82, 2.24) is 4.90 Å². The first-order chi connectivity index (χ1) is 16.3. The molecule has 1 fully saturated rings. The van der Waals surface area contributed by atoms with Crippen LogP contribution in [0.25, 0.3) is 0 Å². The van der Waals surface area contributed by atoms with Gasteiger partial charge in [-0.15, -0.1) is 0 Å². The van der Waals surface area contributed by atoms with Crippen LogP contribution in [0.1, 0.15) is 122 Å². The van der Waals surface area contributed by atoms with E-state index in [1.165, 1.54) is 89.9 Å². The Labute approximate surface area is 203 Å². The minimum atomic E-state index is -0.136. The van der Waals surface area contributed by atoms with Gasteiger partial charge in [0.25, 0.3) is 0 Å². The molecule has 2 aliphatic rings. The van der Waals surface area contributed by atoms with E-state index >= 15 is 0 Å². The second kappa shape index (κ2) is 15.2. The average Bonchev–Trinajstić information content (AvgIpc) is 3.11. The highest BCUT2D eigenvalue weighted by Gasteiger charge is 2.40. The normalized spacial score (nSPS) is 19.5. The van der Waals surface area contributed by atoms with Crippen LogP contribution in [0.3, 0.4) is 0 Å². The Morgan fingerprint density at radius 2 is 1.45 bits per heavy atom. The molecule has 2 unspecified atom stereocenters. The maximum atomic E-state index is 12.7. The Balaban J connectivity index is 1.23. The summed E-state index contributed by atoms with van der Waals surface area (Å²) in [4.78, 5) is 14.7. The number of nitrogens with zero attached hydrogens (tertiary/aromatic N) is 1. The van der Waals surface area contributed by atoms with Gasteiger partial charge in [-0.1, -0.05) is 126 Å². The minimum Gasteiger partial charge on any atom is -0.445 e. The molecular formula is C30H47NO2. The van der Waals surface area contributed by atoms with Gasteiger partial charge in [0.15, 0.2) is 0 Å². The van der Waals surface area contributed by atoms with Gasteiger partial charge in [-0.05, 0) is 37.7 Å². The molecular weight excluding hydrogens is 406 g/mol. The molecule has 2 atom stereocenters. The lowest BCUT2D eigenvalue weighted by atomic mass is 9.96. The average molecular weight is 454 g/mol. The molecule has 0 saturated carbocycles. The van der Waals surface area contributed by atoms with Crippen molar-refractivity contribution in [2.24, 2.45) is 0 Å². The van der Waals surface area contributed by atoms with E-state index < -0.39 is 0 Å². The van der Waals surface area contributed by atoms with Crippen LogP contribution < -0.4 is 0 Å². The number of amides is 1. The van der Waals surface area contributed by atoms with E-state index in [1.807, 2.05) is 35.2 Å². The summed E-state index contributed by atoms with van der Waals surface area (Å²) in [6.07, 6.45) is 25.0. The van der Waals surface area contributed by atoms with E-state index in [9.17, 15) is 4.79 Å². The van der Waals surface area contributed by atoms with Crippen LogP contribution in [0, 0.1) is 0 Å². The lowest BCUT2D eigenvalue weighted by molar-refractivity contribution is 0.0814. The van der Waals surface area contributed by atoms with E-state index in [0.29, 0.717) is 12.6 Å². The zero-order valence-electron chi connectivity index (χ0n) is 21.1. The fraction of sp³-hybridized carbons (Fsp3) is 0.700. The van der Waals surface area contributed by atoms with E-state index in [-0.39, 0.29) is 12.1 Å². The molecule has 0 spiro atoms. The molecule has 2 bridgehead atoms. The number of fused-ring (bicyclic) bond motifs is 2. The first kappa shape index (κ1) is 25.8. The molecule has 1 saturated heterocycles. The number of rotatable bonds is 16. The quantitative estimate of drug-likeness (QED) is 0.185. The van der Waals surface area contributed by atoms with E-state index in [4.69, 9.17) is 4.74 Å². The fourth-order valence-electron chi connectivity index (χ4n) is 5.55. The van der Waals surface area contributed by atoms with Crippen molar-refractivity contribution in [3.63, 3.8) is 0 Å². The molecule has 0 aliphatic carbocycles. The highest BCUT2D eigenvalue weighted by atomic mass is 16.6. The van der Waals surface area contributed by atoms with Crippen LogP contribution in [0.5, 0.6) is 0 Å². The van der Waals surface area contributed by atoms with Crippen molar-refractivity contribution in [3.8, 4) is 0 Å². The smallest absolute Gasteiger partial charge is 0.410 e. The fourth-order valence-corrected chi connectivity index (χ4v) is 5.55. The standard InChI is InChI=1S/C30H47NO2/c1-2-3-4-5-6-7-8-9-10-11-12-13-15-20-27-23-28-21-22-29(24-27)31(28)30(32)33-25-26-18-16-14-17-19-26/h14,16-19,23,28-29H,2-13,15,20-22,24-25H2,1H3. The maximum absolute atomic E-state index is 12.7. The second-order valence-corrected chi connectivity index (χ2v) is 10.3. The molecule has 1 amide bonds. The molecule has 1 aromatic carbocycles. The van der Waals surface area contributed by atoms with Gasteiger partial charge >= 0.3 is 6.09 Å². The molecule has 2 heterocycles. The minimum absolute atomic E-state index is 0.136. The summed E-state index contributed by atoms with van der Waals surface area (Å²) in [6, 6.07) is 10.6. The Kier molecular flexibility index (Phi) is 11.9. The number of hydrogen-bond donors (Lipinski definition) is 0. The zero-order chi connectivity index (χ0) is 23.1. The summed E-state index contributed by atoms with van der Waals surface area (Å²) in [5.41, 5.74) is 2.63. The molecule has 2 aliphatic heterocycles. The summed E-state index contributed by atoms with van der Waals surface area (Å²) in [5.74, 6) is 0. The van der Waals surface area contributed by atoms with Gasteiger partial charge in [0, 0.05) is 6.04 Å². The van der Waals surface area contributed by atoms with Crippen molar-refractivity contribution in [3.05, 3.63) is 47.5 Å². The molecule has 3 rings (SSSR count). The van der Waals surface area contributed by atoms with E-state index in [2.05, 4.69) is 13.0 Å². The van der Waals surface area contributed by atoms with Crippen LogP contribution >= 0.6 is 0 Å². The zero-order valence-corrected chi connectivity index (χ0v) is 21.1. The van der Waals surface area contributed by atoms with Gasteiger partial charge < -0.3 is 4.74 Å². The second-order valence-electron chi connectivity index (χ2n) is 10.3. The summed E-state index contributed by atoms with van der Waals surface area (Å²) >= 11 is 0. The van der Waals surface area contributed by atoms with Crippen LogP contribution in [0.15, 0.2) is 42.0 Å². The van der Waals surface area contributed by atoms with Gasteiger partial charge in [-0.25, -0.2) is 4.79 Å². The SMILES string of the molecule is CCCCCCCCCCCCCCCC1=CC2CCC(C1)N2C(=O)OCc1ccccc1. The van der Waals surface area contributed by atoms with Crippen molar-refractivity contribution < 1.29 is 9.53 Å². The molecule has 3 nitrogen and oxygen atoms in total. The van der Waals surface area contributed by atoms with Crippen molar-refractivity contribution in [1.29, 1.82) is 0 Å². The maximum Gasteiger partial charge on any atom is 0.410 e. The monoisotopic (exact) mass is 453 g/mol. The van der Waals surface area contributed by atoms with E-state index in [0.717, 1.165) is 24.8 Å². The number of ether oxygens (including phenoxy) is 1. The third-order valence-corrected chi connectivity index (χ3v) is 7.49. The van der Waals surface area contributed by atoms with Gasteiger partial charge in [0.1, 0.15) is 6.61 Å². The molecule has 0 aromatic heterocycles. The van der Waals surface area contributed by atoms with Gasteiger partial charge in [-0.3, -0.25) is 4.90 Å². The van der Waals surface area contributed by atoms with Gasteiger partial charge in [0.2, 0.25) is 0 Å². The Morgan fingerprint density at radius 3 is 2.06 bits per heavy atom. The first-order valence-corrected chi connectivity index (χ1v) is 14.0. The van der Waals surface area contributed by atoms with Gasteiger partial charge in [-0.2, -0.15) is 0 Å². The number of carbonyl (C=O) groups excluding carboxylic acids is 1. The highest BCUT2D eigenvalue weighted by Crippen LogP contribution is 2.37. The molecule has 184 valence electrons. The third-order valence-electron chi connectivity index (χ3n) is 7.49. The predicted octanol–water partition coefficient (Wildman–Crippen LogP) is 8.97. The number of unbranched alkanes of at least 4 members (excludes halogenated alkanes) is 12. The summed E-state index contributed by atoms with van der Waals surface area (Å²) < 4.78 is 5.62. The molecule has 1 aromatic rings. The Hall–Kier alpha value is -1.77. The largest absolute Gasteiger partial charge is 0.445 e. The molecule has 0 radical (unpaired) electrons. The third kappa shape index (κ3) is 9.18. The van der Waals surface area contributed by atoms with Crippen molar-refractivity contribution >= 4 is 6.09 Å². The molecule has 33 heavy (non-hydrogen) atoms. The van der Waals surface area contributed by atoms with Crippen molar-refractivity contribution in [2.45, 2.75) is 135 Å². The Morgan fingerprint density at radius 1 is 0.848 bits per heavy atom. The molecule has 3 heteroatoms. The van der Waals surface area contributed by atoms with Crippen LogP contribution in [0.2, 0.25) is 0 Å². The lowest BCUT2D eigenvalue weighted by Crippen LogP contribution is -2.43. The number of carbonyl (C=O) groups is 1. The number of benzene rings is 1.